The van der Waals surface area contributed by atoms with Crippen LogP contribution in [0.3, 0.4) is 0 Å². The molecule has 0 aliphatic rings. The van der Waals surface area contributed by atoms with Gasteiger partial charge in [0.2, 0.25) is 0 Å². The standard InChI is InChI=1S/C24H38/c1-4-7-10-13-16-19-22-24(21-18-15-12-9-6-3)23-20-17-14-11-8-5-2/h3,24H,4-5,7-16,18,21,23H2,1-2H3. The minimum absolute atomic E-state index is 0.459. The lowest BCUT2D eigenvalue weighted by atomic mass is 9.97. The highest BCUT2D eigenvalue weighted by Crippen LogP contribution is 2.14. The molecule has 0 fully saturated rings. The van der Waals surface area contributed by atoms with Crippen molar-refractivity contribution >= 4 is 0 Å². The maximum Gasteiger partial charge on any atom is 0.0312 e. The Morgan fingerprint density at radius 2 is 1.29 bits per heavy atom. The highest BCUT2D eigenvalue weighted by molar-refractivity contribution is 5.09. The predicted molar refractivity (Wildman–Crippen MR) is 108 cm³/mol. The van der Waals surface area contributed by atoms with E-state index in [1.54, 1.807) is 0 Å². The van der Waals surface area contributed by atoms with Gasteiger partial charge in [0.15, 0.2) is 0 Å². The molecule has 0 aliphatic heterocycles. The van der Waals surface area contributed by atoms with Crippen LogP contribution >= 0.6 is 0 Å². The first-order valence-corrected chi connectivity index (χ1v) is 10.2. The molecule has 0 N–H and O–H groups in total. The molecule has 0 heterocycles. The molecular formula is C24H38. The van der Waals surface area contributed by atoms with Crippen molar-refractivity contribution in [1.29, 1.82) is 0 Å². The van der Waals surface area contributed by atoms with Crippen molar-refractivity contribution in [3.8, 4) is 36.0 Å². The van der Waals surface area contributed by atoms with E-state index in [1.165, 1.54) is 64.2 Å². The Morgan fingerprint density at radius 1 is 0.667 bits per heavy atom. The van der Waals surface area contributed by atoms with Gasteiger partial charge in [-0.05, 0) is 25.7 Å². The Morgan fingerprint density at radius 3 is 2.04 bits per heavy atom. The first-order chi connectivity index (χ1) is 11.8. The van der Waals surface area contributed by atoms with Crippen molar-refractivity contribution in [1.82, 2.24) is 0 Å². The summed E-state index contributed by atoms with van der Waals surface area (Å²) in [5.74, 6) is 16.8. The third-order valence-corrected chi connectivity index (χ3v) is 4.21. The SMILES string of the molecule is C#CCCCCCC(C#CCCCCCC)CC#CCCCCC. The van der Waals surface area contributed by atoms with Crippen LogP contribution in [0.5, 0.6) is 0 Å². The van der Waals surface area contributed by atoms with E-state index in [-0.39, 0.29) is 0 Å². The smallest absolute Gasteiger partial charge is 0.0312 e. The van der Waals surface area contributed by atoms with E-state index in [1.807, 2.05) is 0 Å². The van der Waals surface area contributed by atoms with Gasteiger partial charge in [0.1, 0.15) is 0 Å². The van der Waals surface area contributed by atoms with E-state index in [0.29, 0.717) is 5.92 Å². The van der Waals surface area contributed by atoms with Gasteiger partial charge in [-0.2, -0.15) is 0 Å². The summed E-state index contributed by atoms with van der Waals surface area (Å²) >= 11 is 0. The van der Waals surface area contributed by atoms with Crippen LogP contribution in [0.15, 0.2) is 0 Å². The monoisotopic (exact) mass is 326 g/mol. The second-order valence-corrected chi connectivity index (χ2v) is 6.65. The molecule has 0 heteroatoms. The minimum Gasteiger partial charge on any atom is -0.120 e. The third kappa shape index (κ3) is 17.0. The van der Waals surface area contributed by atoms with E-state index < -0.39 is 0 Å². The van der Waals surface area contributed by atoms with Crippen molar-refractivity contribution < 1.29 is 0 Å². The lowest BCUT2D eigenvalue weighted by Crippen LogP contribution is -1.96. The molecule has 24 heavy (non-hydrogen) atoms. The number of hydrogen-bond acceptors (Lipinski definition) is 0. The fourth-order valence-corrected chi connectivity index (χ4v) is 2.62. The molecule has 0 spiro atoms. The summed E-state index contributed by atoms with van der Waals surface area (Å²) in [7, 11) is 0. The maximum atomic E-state index is 5.31. The summed E-state index contributed by atoms with van der Waals surface area (Å²) in [5, 5.41) is 0. The lowest BCUT2D eigenvalue weighted by Gasteiger charge is -2.06. The van der Waals surface area contributed by atoms with Crippen LogP contribution in [0.4, 0.5) is 0 Å². The third-order valence-electron chi connectivity index (χ3n) is 4.21. The van der Waals surface area contributed by atoms with E-state index >= 15 is 0 Å². The van der Waals surface area contributed by atoms with Crippen LogP contribution in [0.2, 0.25) is 0 Å². The molecule has 0 aliphatic carbocycles. The Labute approximate surface area is 152 Å². The molecule has 1 unspecified atom stereocenters. The normalized spacial score (nSPS) is 10.9. The summed E-state index contributed by atoms with van der Waals surface area (Å²) in [6, 6.07) is 0. The number of hydrogen-bond donors (Lipinski definition) is 0. The van der Waals surface area contributed by atoms with Gasteiger partial charge in [0.25, 0.3) is 0 Å². The van der Waals surface area contributed by atoms with Crippen LogP contribution < -0.4 is 0 Å². The second kappa shape index (κ2) is 19.7. The average Bonchev–Trinajstić information content (AvgIpc) is 2.60. The Hall–Kier alpha value is -1.32. The van der Waals surface area contributed by atoms with E-state index in [2.05, 4.69) is 43.4 Å². The fourth-order valence-electron chi connectivity index (χ4n) is 2.62. The molecule has 0 aromatic heterocycles. The molecule has 134 valence electrons. The van der Waals surface area contributed by atoms with Gasteiger partial charge in [0, 0.05) is 31.6 Å². The molecule has 1 atom stereocenters. The largest absolute Gasteiger partial charge is 0.120 e. The average molecular weight is 327 g/mol. The molecule has 0 saturated carbocycles. The second-order valence-electron chi connectivity index (χ2n) is 6.65. The van der Waals surface area contributed by atoms with Crippen LogP contribution in [0.1, 0.15) is 110 Å². The van der Waals surface area contributed by atoms with Gasteiger partial charge in [-0.25, -0.2) is 0 Å². The van der Waals surface area contributed by atoms with Crippen LogP contribution in [0, 0.1) is 41.9 Å². The Kier molecular flexibility index (Phi) is 18.6. The van der Waals surface area contributed by atoms with Crippen molar-refractivity contribution in [3.05, 3.63) is 0 Å². The Balaban J connectivity index is 4.13. The molecule has 0 nitrogen and oxygen atoms in total. The first-order valence-electron chi connectivity index (χ1n) is 10.2. The molecule has 0 aromatic carbocycles. The van der Waals surface area contributed by atoms with Crippen LogP contribution in [-0.4, -0.2) is 0 Å². The van der Waals surface area contributed by atoms with Crippen LogP contribution in [0.25, 0.3) is 0 Å². The van der Waals surface area contributed by atoms with Gasteiger partial charge in [-0.3, -0.25) is 0 Å². The van der Waals surface area contributed by atoms with Crippen molar-refractivity contribution in [3.63, 3.8) is 0 Å². The zero-order chi connectivity index (χ0) is 17.7. The molecule has 0 bridgehead atoms. The molecule has 0 amide bonds. The van der Waals surface area contributed by atoms with Gasteiger partial charge in [-0.15, -0.1) is 30.1 Å². The molecule has 0 rings (SSSR count). The highest BCUT2D eigenvalue weighted by Gasteiger charge is 2.03. The lowest BCUT2D eigenvalue weighted by molar-refractivity contribution is 0.556. The molecular weight excluding hydrogens is 288 g/mol. The number of unbranched alkanes of at least 4 members (excludes halogenated alkanes) is 10. The number of rotatable bonds is 13. The van der Waals surface area contributed by atoms with Gasteiger partial charge >= 0.3 is 0 Å². The summed E-state index contributed by atoms with van der Waals surface area (Å²) in [4.78, 5) is 0. The van der Waals surface area contributed by atoms with Gasteiger partial charge < -0.3 is 0 Å². The quantitative estimate of drug-likeness (QED) is 0.249. The van der Waals surface area contributed by atoms with Crippen molar-refractivity contribution in [2.75, 3.05) is 0 Å². The summed E-state index contributed by atoms with van der Waals surface area (Å²) in [5.41, 5.74) is 0. The maximum absolute atomic E-state index is 5.31. The summed E-state index contributed by atoms with van der Waals surface area (Å²) < 4.78 is 0. The van der Waals surface area contributed by atoms with E-state index in [4.69, 9.17) is 6.42 Å². The Bertz CT molecular complexity index is 415. The van der Waals surface area contributed by atoms with Crippen LogP contribution in [-0.2, 0) is 0 Å². The summed E-state index contributed by atoms with van der Waals surface area (Å²) in [6.07, 6.45) is 23.1. The van der Waals surface area contributed by atoms with E-state index in [9.17, 15) is 0 Å². The molecule has 0 radical (unpaired) electrons. The van der Waals surface area contributed by atoms with Gasteiger partial charge in [0.05, 0.1) is 0 Å². The fraction of sp³-hybridized carbons (Fsp3) is 0.750. The summed E-state index contributed by atoms with van der Waals surface area (Å²) in [6.45, 7) is 4.49. The van der Waals surface area contributed by atoms with E-state index in [0.717, 1.165) is 32.1 Å². The minimum atomic E-state index is 0.459. The zero-order valence-electron chi connectivity index (χ0n) is 16.3. The topological polar surface area (TPSA) is 0 Å². The highest BCUT2D eigenvalue weighted by atomic mass is 14.1. The number of terminal acetylenes is 1. The zero-order valence-corrected chi connectivity index (χ0v) is 16.3. The van der Waals surface area contributed by atoms with Crippen molar-refractivity contribution in [2.24, 2.45) is 5.92 Å². The molecule has 0 saturated heterocycles. The van der Waals surface area contributed by atoms with Crippen molar-refractivity contribution in [2.45, 2.75) is 110 Å². The first kappa shape index (κ1) is 22.7. The molecule has 0 aromatic rings. The van der Waals surface area contributed by atoms with Gasteiger partial charge in [-0.1, -0.05) is 64.7 Å². The predicted octanol–water partition coefficient (Wildman–Crippen LogP) is 7.13.